The summed E-state index contributed by atoms with van der Waals surface area (Å²) in [5.41, 5.74) is 0.757. The average molecular weight is 294 g/mol. The SMILES string of the molecule is CC(C)C1CCN(C(C)C(=O)c2ccc(Cl)cc2)CC1. The topological polar surface area (TPSA) is 20.3 Å². The largest absolute Gasteiger partial charge is 0.293 e. The Labute approximate surface area is 127 Å². The highest BCUT2D eigenvalue weighted by atomic mass is 35.5. The molecule has 1 unspecified atom stereocenters. The summed E-state index contributed by atoms with van der Waals surface area (Å²) in [5, 5.41) is 0.673. The molecule has 3 heteroatoms. The molecule has 1 aromatic rings. The molecule has 0 amide bonds. The lowest BCUT2D eigenvalue weighted by molar-refractivity contribution is 0.0743. The Morgan fingerprint density at radius 2 is 1.70 bits per heavy atom. The fourth-order valence-electron chi connectivity index (χ4n) is 2.99. The maximum absolute atomic E-state index is 12.5. The summed E-state index contributed by atoms with van der Waals surface area (Å²) in [7, 11) is 0. The monoisotopic (exact) mass is 293 g/mol. The first-order valence-electron chi connectivity index (χ1n) is 7.53. The molecule has 0 spiro atoms. The molecule has 20 heavy (non-hydrogen) atoms. The van der Waals surface area contributed by atoms with E-state index in [2.05, 4.69) is 18.7 Å². The first-order chi connectivity index (χ1) is 9.49. The average Bonchev–Trinajstić information content (AvgIpc) is 2.46. The van der Waals surface area contributed by atoms with Crippen LogP contribution < -0.4 is 0 Å². The predicted molar refractivity (Wildman–Crippen MR) is 84.4 cm³/mol. The number of carbonyl (C=O) groups is 1. The third-order valence-corrected chi connectivity index (χ3v) is 4.82. The van der Waals surface area contributed by atoms with E-state index in [1.165, 1.54) is 12.8 Å². The molecule has 1 atom stereocenters. The smallest absolute Gasteiger partial charge is 0.179 e. The Kier molecular flexibility index (Phi) is 5.22. The molecular weight excluding hydrogens is 270 g/mol. The van der Waals surface area contributed by atoms with Crippen LogP contribution in [-0.4, -0.2) is 29.8 Å². The fraction of sp³-hybridized carbons (Fsp3) is 0.588. The van der Waals surface area contributed by atoms with Gasteiger partial charge in [0.1, 0.15) is 0 Å². The lowest BCUT2D eigenvalue weighted by Crippen LogP contribution is -2.44. The lowest BCUT2D eigenvalue weighted by Gasteiger charge is -2.36. The van der Waals surface area contributed by atoms with Gasteiger partial charge in [0.2, 0.25) is 0 Å². The summed E-state index contributed by atoms with van der Waals surface area (Å²) in [6.45, 7) is 8.67. The van der Waals surface area contributed by atoms with E-state index in [-0.39, 0.29) is 11.8 Å². The Bertz CT molecular complexity index is 447. The van der Waals surface area contributed by atoms with Crippen molar-refractivity contribution >= 4 is 17.4 Å². The Balaban J connectivity index is 1.96. The van der Waals surface area contributed by atoms with Crippen molar-refractivity contribution in [3.05, 3.63) is 34.9 Å². The molecule has 1 saturated heterocycles. The van der Waals surface area contributed by atoms with Gasteiger partial charge in [-0.2, -0.15) is 0 Å². The normalized spacial score (nSPS) is 19.2. The number of halogens is 1. The third kappa shape index (κ3) is 3.62. The van der Waals surface area contributed by atoms with E-state index >= 15 is 0 Å². The van der Waals surface area contributed by atoms with Crippen molar-refractivity contribution in [2.45, 2.75) is 39.7 Å². The van der Waals surface area contributed by atoms with E-state index in [4.69, 9.17) is 11.6 Å². The molecule has 0 aliphatic carbocycles. The van der Waals surface area contributed by atoms with E-state index in [9.17, 15) is 4.79 Å². The van der Waals surface area contributed by atoms with Gasteiger partial charge in [0.25, 0.3) is 0 Å². The van der Waals surface area contributed by atoms with Crippen molar-refractivity contribution in [2.24, 2.45) is 11.8 Å². The van der Waals surface area contributed by atoms with Gasteiger partial charge in [0.05, 0.1) is 6.04 Å². The molecule has 0 radical (unpaired) electrons. The van der Waals surface area contributed by atoms with Gasteiger partial charge in [-0.15, -0.1) is 0 Å². The van der Waals surface area contributed by atoms with Gasteiger partial charge >= 0.3 is 0 Å². The number of rotatable bonds is 4. The van der Waals surface area contributed by atoms with Gasteiger partial charge in [0, 0.05) is 10.6 Å². The number of likely N-dealkylation sites (tertiary alicyclic amines) is 1. The molecule has 0 aromatic heterocycles. The van der Waals surface area contributed by atoms with Crippen LogP contribution in [0.3, 0.4) is 0 Å². The molecule has 2 rings (SSSR count). The molecular formula is C17H24ClNO. The number of Topliss-reactive ketones (excluding diaryl/α,β-unsaturated/α-hetero) is 1. The van der Waals surface area contributed by atoms with E-state index < -0.39 is 0 Å². The van der Waals surface area contributed by atoms with Gasteiger partial charge in [-0.25, -0.2) is 0 Å². The summed E-state index contributed by atoms with van der Waals surface area (Å²) in [6.07, 6.45) is 2.41. The van der Waals surface area contributed by atoms with Crippen LogP contribution in [0.15, 0.2) is 24.3 Å². The zero-order valence-electron chi connectivity index (χ0n) is 12.6. The predicted octanol–water partition coefficient (Wildman–Crippen LogP) is 4.28. The Hall–Kier alpha value is -0.860. The molecule has 0 bridgehead atoms. The minimum Gasteiger partial charge on any atom is -0.293 e. The van der Waals surface area contributed by atoms with Crippen LogP contribution in [0, 0.1) is 11.8 Å². The van der Waals surface area contributed by atoms with Crippen molar-refractivity contribution in [1.82, 2.24) is 4.90 Å². The highest BCUT2D eigenvalue weighted by molar-refractivity contribution is 6.30. The standard InChI is InChI=1S/C17H24ClNO/c1-12(2)14-8-10-19(11-9-14)13(3)17(20)15-4-6-16(18)7-5-15/h4-7,12-14H,8-11H2,1-3H3. The highest BCUT2D eigenvalue weighted by Gasteiger charge is 2.28. The molecule has 0 N–H and O–H groups in total. The molecule has 2 nitrogen and oxygen atoms in total. The fourth-order valence-corrected chi connectivity index (χ4v) is 3.12. The number of piperidine rings is 1. The van der Waals surface area contributed by atoms with Crippen LogP contribution in [0.1, 0.15) is 44.0 Å². The first kappa shape index (κ1) is 15.5. The number of hydrogen-bond donors (Lipinski definition) is 0. The number of benzene rings is 1. The van der Waals surface area contributed by atoms with E-state index in [0.29, 0.717) is 5.02 Å². The Morgan fingerprint density at radius 1 is 1.15 bits per heavy atom. The van der Waals surface area contributed by atoms with Crippen molar-refractivity contribution in [1.29, 1.82) is 0 Å². The van der Waals surface area contributed by atoms with Crippen LogP contribution >= 0.6 is 11.6 Å². The summed E-state index contributed by atoms with van der Waals surface area (Å²) in [6, 6.07) is 7.17. The second-order valence-corrected chi connectivity index (χ2v) is 6.60. The summed E-state index contributed by atoms with van der Waals surface area (Å²) < 4.78 is 0. The summed E-state index contributed by atoms with van der Waals surface area (Å²) in [4.78, 5) is 14.8. The summed E-state index contributed by atoms with van der Waals surface area (Å²) >= 11 is 5.87. The molecule has 110 valence electrons. The number of nitrogens with zero attached hydrogens (tertiary/aromatic N) is 1. The highest BCUT2D eigenvalue weighted by Crippen LogP contribution is 2.26. The molecule has 1 fully saturated rings. The first-order valence-corrected chi connectivity index (χ1v) is 7.90. The molecule has 0 saturated carbocycles. The van der Waals surface area contributed by atoms with Gasteiger partial charge in [0.15, 0.2) is 5.78 Å². The van der Waals surface area contributed by atoms with Crippen LogP contribution in [0.25, 0.3) is 0 Å². The minimum atomic E-state index is -0.0377. The zero-order valence-corrected chi connectivity index (χ0v) is 13.4. The van der Waals surface area contributed by atoms with Gasteiger partial charge in [-0.3, -0.25) is 9.69 Å². The van der Waals surface area contributed by atoms with Crippen LogP contribution in [0.4, 0.5) is 0 Å². The van der Waals surface area contributed by atoms with Crippen LogP contribution in [0.5, 0.6) is 0 Å². The van der Waals surface area contributed by atoms with Crippen LogP contribution in [0.2, 0.25) is 5.02 Å². The van der Waals surface area contributed by atoms with Crippen molar-refractivity contribution in [2.75, 3.05) is 13.1 Å². The number of hydrogen-bond acceptors (Lipinski definition) is 2. The van der Waals surface area contributed by atoms with E-state index in [1.807, 2.05) is 19.1 Å². The lowest BCUT2D eigenvalue weighted by atomic mass is 9.86. The molecule has 1 heterocycles. The second-order valence-electron chi connectivity index (χ2n) is 6.16. The molecule has 1 aromatic carbocycles. The van der Waals surface area contributed by atoms with E-state index in [1.54, 1.807) is 12.1 Å². The quantitative estimate of drug-likeness (QED) is 0.772. The number of carbonyl (C=O) groups excluding carboxylic acids is 1. The van der Waals surface area contributed by atoms with Crippen LogP contribution in [-0.2, 0) is 0 Å². The second kappa shape index (κ2) is 6.73. The van der Waals surface area contributed by atoms with Crippen molar-refractivity contribution in [3.63, 3.8) is 0 Å². The maximum Gasteiger partial charge on any atom is 0.179 e. The zero-order chi connectivity index (χ0) is 14.7. The van der Waals surface area contributed by atoms with Gasteiger partial charge in [-0.05, 0) is 69.0 Å². The van der Waals surface area contributed by atoms with E-state index in [0.717, 1.165) is 30.5 Å². The third-order valence-electron chi connectivity index (χ3n) is 4.57. The van der Waals surface area contributed by atoms with Gasteiger partial charge < -0.3 is 0 Å². The molecule has 1 aliphatic rings. The minimum absolute atomic E-state index is 0.0377. The Morgan fingerprint density at radius 3 is 2.20 bits per heavy atom. The summed E-state index contributed by atoms with van der Waals surface area (Å²) in [5.74, 6) is 1.76. The molecule has 1 aliphatic heterocycles. The van der Waals surface area contributed by atoms with Crippen molar-refractivity contribution < 1.29 is 4.79 Å². The maximum atomic E-state index is 12.5. The van der Waals surface area contributed by atoms with Gasteiger partial charge in [-0.1, -0.05) is 25.4 Å². The number of ketones is 1. The van der Waals surface area contributed by atoms with Crippen molar-refractivity contribution in [3.8, 4) is 0 Å².